The number of hydrogen-bond acceptors (Lipinski definition) is 1. The van der Waals surface area contributed by atoms with Crippen molar-refractivity contribution in [2.45, 2.75) is 12.3 Å². The summed E-state index contributed by atoms with van der Waals surface area (Å²) in [5.74, 6) is 0.596. The summed E-state index contributed by atoms with van der Waals surface area (Å²) in [5.41, 5.74) is 3.91. The number of nitrogens with one attached hydrogen (secondary N) is 1. The third kappa shape index (κ3) is 2.33. The molecule has 1 aliphatic carbocycles. The molecule has 2 aromatic rings. The van der Waals surface area contributed by atoms with E-state index in [1.807, 2.05) is 12.1 Å². The molecule has 92 valence electrons. The standard InChI is InChI=1S/C15H13Cl2N/c16-12-6-13(17)8-14(7-12)18-9-11-5-10-3-1-2-4-15(10)11/h1-4,6-8,11,18H,5,9H2. The van der Waals surface area contributed by atoms with Gasteiger partial charge < -0.3 is 5.32 Å². The van der Waals surface area contributed by atoms with E-state index in [0.29, 0.717) is 16.0 Å². The van der Waals surface area contributed by atoms with Gasteiger partial charge in [-0.3, -0.25) is 0 Å². The molecule has 1 atom stereocenters. The lowest BCUT2D eigenvalue weighted by Gasteiger charge is -2.30. The minimum Gasteiger partial charge on any atom is -0.384 e. The van der Waals surface area contributed by atoms with Crippen molar-refractivity contribution in [1.82, 2.24) is 0 Å². The van der Waals surface area contributed by atoms with Crippen molar-refractivity contribution in [1.29, 1.82) is 0 Å². The van der Waals surface area contributed by atoms with Gasteiger partial charge in [-0.15, -0.1) is 0 Å². The summed E-state index contributed by atoms with van der Waals surface area (Å²) >= 11 is 11.9. The van der Waals surface area contributed by atoms with Crippen molar-refractivity contribution in [2.24, 2.45) is 0 Å². The fraction of sp³-hybridized carbons (Fsp3) is 0.200. The summed E-state index contributed by atoms with van der Waals surface area (Å²) in [7, 11) is 0. The van der Waals surface area contributed by atoms with Crippen molar-refractivity contribution < 1.29 is 0 Å². The van der Waals surface area contributed by atoms with Crippen molar-refractivity contribution >= 4 is 28.9 Å². The summed E-state index contributed by atoms with van der Waals surface area (Å²) in [6, 6.07) is 14.1. The Hall–Kier alpha value is -1.18. The van der Waals surface area contributed by atoms with E-state index in [1.54, 1.807) is 6.07 Å². The van der Waals surface area contributed by atoms with Gasteiger partial charge in [-0.25, -0.2) is 0 Å². The van der Waals surface area contributed by atoms with E-state index in [4.69, 9.17) is 23.2 Å². The molecule has 1 unspecified atom stereocenters. The molecule has 0 aliphatic heterocycles. The Balaban J connectivity index is 1.66. The average Bonchev–Trinajstić information content (AvgIpc) is 2.29. The number of hydrogen-bond donors (Lipinski definition) is 1. The van der Waals surface area contributed by atoms with Crippen LogP contribution in [0, 0.1) is 0 Å². The molecule has 18 heavy (non-hydrogen) atoms. The maximum absolute atomic E-state index is 5.97. The van der Waals surface area contributed by atoms with Crippen LogP contribution in [-0.4, -0.2) is 6.54 Å². The summed E-state index contributed by atoms with van der Waals surface area (Å²) in [6.07, 6.45) is 1.15. The Bertz CT molecular complexity index is 560. The topological polar surface area (TPSA) is 12.0 Å². The van der Waals surface area contributed by atoms with Gasteiger partial charge in [0.15, 0.2) is 0 Å². The lowest BCUT2D eigenvalue weighted by Crippen LogP contribution is -2.24. The van der Waals surface area contributed by atoms with Gasteiger partial charge >= 0.3 is 0 Å². The van der Waals surface area contributed by atoms with Crippen LogP contribution in [0.4, 0.5) is 5.69 Å². The second kappa shape index (κ2) is 4.83. The summed E-state index contributed by atoms with van der Waals surface area (Å²) < 4.78 is 0. The van der Waals surface area contributed by atoms with Gasteiger partial charge in [0.25, 0.3) is 0 Å². The minimum atomic E-state index is 0.596. The molecule has 3 rings (SSSR count). The van der Waals surface area contributed by atoms with Crippen LogP contribution in [0.3, 0.4) is 0 Å². The van der Waals surface area contributed by atoms with Crippen LogP contribution in [0.15, 0.2) is 42.5 Å². The molecule has 1 N–H and O–H groups in total. The quantitative estimate of drug-likeness (QED) is 0.854. The van der Waals surface area contributed by atoms with Crippen LogP contribution < -0.4 is 5.32 Å². The molecule has 1 nitrogen and oxygen atoms in total. The highest BCUT2D eigenvalue weighted by Gasteiger charge is 2.24. The lowest BCUT2D eigenvalue weighted by molar-refractivity contribution is 0.636. The fourth-order valence-electron chi connectivity index (χ4n) is 2.44. The monoisotopic (exact) mass is 277 g/mol. The van der Waals surface area contributed by atoms with E-state index in [9.17, 15) is 0 Å². The van der Waals surface area contributed by atoms with Gasteiger partial charge in [0.2, 0.25) is 0 Å². The molecule has 0 saturated carbocycles. The second-order valence-corrected chi connectivity index (χ2v) is 5.51. The Morgan fingerprint density at radius 3 is 2.50 bits per heavy atom. The van der Waals surface area contributed by atoms with Crippen molar-refractivity contribution in [3.05, 3.63) is 63.6 Å². The van der Waals surface area contributed by atoms with Crippen molar-refractivity contribution in [3.8, 4) is 0 Å². The van der Waals surface area contributed by atoms with E-state index in [0.717, 1.165) is 18.7 Å². The first kappa shape index (κ1) is 11.9. The zero-order valence-electron chi connectivity index (χ0n) is 9.79. The highest BCUT2D eigenvalue weighted by Crippen LogP contribution is 2.35. The molecule has 0 spiro atoms. The SMILES string of the molecule is Clc1cc(Cl)cc(NCC2Cc3ccccc32)c1. The van der Waals surface area contributed by atoms with Gasteiger partial charge in [0.1, 0.15) is 0 Å². The summed E-state index contributed by atoms with van der Waals surface area (Å²) in [4.78, 5) is 0. The third-order valence-electron chi connectivity index (χ3n) is 3.38. The number of benzene rings is 2. The molecule has 0 saturated heterocycles. The van der Waals surface area contributed by atoms with Crippen molar-refractivity contribution in [2.75, 3.05) is 11.9 Å². The van der Waals surface area contributed by atoms with Crippen LogP contribution >= 0.6 is 23.2 Å². The van der Waals surface area contributed by atoms with Crippen molar-refractivity contribution in [3.63, 3.8) is 0 Å². The maximum atomic E-state index is 5.97. The van der Waals surface area contributed by atoms with Crippen LogP contribution in [0.2, 0.25) is 10.0 Å². The molecule has 0 amide bonds. The van der Waals surface area contributed by atoms with Gasteiger partial charge in [0.05, 0.1) is 0 Å². The molecule has 0 heterocycles. The van der Waals surface area contributed by atoms with Crippen LogP contribution in [0.25, 0.3) is 0 Å². The highest BCUT2D eigenvalue weighted by atomic mass is 35.5. The predicted octanol–water partition coefficient (Wildman–Crippen LogP) is 4.75. The third-order valence-corrected chi connectivity index (χ3v) is 3.81. The smallest absolute Gasteiger partial charge is 0.0441 e. The molecule has 1 aliphatic rings. The van der Waals surface area contributed by atoms with Crippen LogP contribution in [0.5, 0.6) is 0 Å². The number of fused-ring (bicyclic) bond motifs is 1. The van der Waals surface area contributed by atoms with E-state index in [1.165, 1.54) is 11.1 Å². The van der Waals surface area contributed by atoms with E-state index < -0.39 is 0 Å². The molecule has 0 fully saturated rings. The zero-order chi connectivity index (χ0) is 12.5. The first-order chi connectivity index (χ1) is 8.72. The Morgan fingerprint density at radius 1 is 1.06 bits per heavy atom. The number of anilines is 1. The highest BCUT2D eigenvalue weighted by molar-refractivity contribution is 6.35. The Labute approximate surface area is 117 Å². The summed E-state index contributed by atoms with van der Waals surface area (Å²) in [5, 5.41) is 4.73. The minimum absolute atomic E-state index is 0.596. The van der Waals surface area contributed by atoms with Gasteiger partial charge in [-0.05, 0) is 35.7 Å². The second-order valence-electron chi connectivity index (χ2n) is 4.64. The molecular formula is C15H13Cl2N. The first-order valence-corrected chi connectivity index (χ1v) is 6.76. The molecule has 3 heteroatoms. The Morgan fingerprint density at radius 2 is 1.78 bits per heavy atom. The summed E-state index contributed by atoms with van der Waals surface area (Å²) in [6.45, 7) is 0.924. The zero-order valence-corrected chi connectivity index (χ0v) is 11.3. The normalized spacial score (nSPS) is 16.9. The van der Waals surface area contributed by atoms with Crippen LogP contribution in [-0.2, 0) is 6.42 Å². The number of rotatable bonds is 3. The maximum Gasteiger partial charge on any atom is 0.0441 e. The fourth-order valence-corrected chi connectivity index (χ4v) is 2.97. The largest absolute Gasteiger partial charge is 0.384 e. The van der Waals surface area contributed by atoms with E-state index in [-0.39, 0.29) is 0 Å². The predicted molar refractivity (Wildman–Crippen MR) is 77.8 cm³/mol. The van der Waals surface area contributed by atoms with Gasteiger partial charge in [-0.2, -0.15) is 0 Å². The van der Waals surface area contributed by atoms with E-state index in [2.05, 4.69) is 29.6 Å². The number of halogens is 2. The molecule has 2 aromatic carbocycles. The molecule has 0 radical (unpaired) electrons. The molecular weight excluding hydrogens is 265 g/mol. The average molecular weight is 278 g/mol. The molecule has 0 aromatic heterocycles. The van der Waals surface area contributed by atoms with Gasteiger partial charge in [0, 0.05) is 28.2 Å². The van der Waals surface area contributed by atoms with Gasteiger partial charge in [-0.1, -0.05) is 47.5 Å². The van der Waals surface area contributed by atoms with Crippen LogP contribution in [0.1, 0.15) is 17.0 Å². The first-order valence-electron chi connectivity index (χ1n) is 6.00. The van der Waals surface area contributed by atoms with E-state index >= 15 is 0 Å². The lowest BCUT2D eigenvalue weighted by atomic mass is 9.77. The molecule has 0 bridgehead atoms. The Kier molecular flexibility index (Phi) is 3.19.